The van der Waals surface area contributed by atoms with Crippen LogP contribution >= 0.6 is 0 Å². The number of aromatic nitrogens is 2. The van der Waals surface area contributed by atoms with E-state index in [1.807, 2.05) is 4.90 Å². The summed E-state index contributed by atoms with van der Waals surface area (Å²) in [5.74, 6) is 0.0917. The van der Waals surface area contributed by atoms with E-state index in [4.69, 9.17) is 9.47 Å². The van der Waals surface area contributed by atoms with E-state index in [1.165, 1.54) is 6.07 Å². The van der Waals surface area contributed by atoms with Crippen molar-refractivity contribution in [3.05, 3.63) is 17.8 Å². The largest absolute Gasteiger partial charge is 0.473 e. The molecule has 0 atom stereocenters. The van der Waals surface area contributed by atoms with Gasteiger partial charge in [0.1, 0.15) is 18.2 Å². The monoisotopic (exact) mass is 441 g/mol. The number of rotatable bonds is 2. The predicted octanol–water partition coefficient (Wildman–Crippen LogP) is 2.03. The molecule has 3 saturated heterocycles. The lowest BCUT2D eigenvalue weighted by Crippen LogP contribution is -2.73. The second-order valence-corrected chi connectivity index (χ2v) is 9.05. The molecule has 3 amide bonds. The number of carbonyl (C=O) groups is 2. The Kier molecular flexibility index (Phi) is 4.45. The van der Waals surface area contributed by atoms with Crippen molar-refractivity contribution in [1.29, 1.82) is 0 Å². The van der Waals surface area contributed by atoms with E-state index in [-0.39, 0.29) is 23.4 Å². The van der Waals surface area contributed by atoms with E-state index in [9.17, 15) is 22.8 Å². The van der Waals surface area contributed by atoms with Crippen LogP contribution in [-0.2, 0) is 10.9 Å². The molecule has 3 aliphatic heterocycles. The van der Waals surface area contributed by atoms with Gasteiger partial charge in [-0.1, -0.05) is 0 Å². The number of hydrogen-bond donors (Lipinski definition) is 1. The second kappa shape index (κ2) is 6.86. The average molecular weight is 441 g/mol. The fourth-order valence-electron chi connectivity index (χ4n) is 4.92. The van der Waals surface area contributed by atoms with Gasteiger partial charge in [0.15, 0.2) is 5.69 Å². The Morgan fingerprint density at radius 1 is 1.13 bits per heavy atom. The van der Waals surface area contributed by atoms with Crippen molar-refractivity contribution in [3.63, 3.8) is 0 Å². The third kappa shape index (κ3) is 3.72. The van der Waals surface area contributed by atoms with Crippen molar-refractivity contribution < 1.29 is 32.2 Å². The van der Waals surface area contributed by atoms with Gasteiger partial charge in [-0.3, -0.25) is 0 Å². The summed E-state index contributed by atoms with van der Waals surface area (Å²) in [6, 6.07) is 2.04. The summed E-state index contributed by atoms with van der Waals surface area (Å²) in [6.45, 7) is 2.59. The first-order chi connectivity index (χ1) is 14.7. The minimum atomic E-state index is -4.52. The maximum Gasteiger partial charge on any atom is 0.435 e. The van der Waals surface area contributed by atoms with E-state index in [2.05, 4.69) is 15.5 Å². The minimum absolute atomic E-state index is 0.0178. The molecule has 0 radical (unpaired) electrons. The number of nitrogens with zero attached hydrogens (tertiary/aromatic N) is 4. The molecule has 1 N–H and O–H groups in total. The number of alkyl carbamates (subject to hydrolysis) is 1. The molecule has 12 heteroatoms. The number of halogens is 3. The molecule has 4 heterocycles. The Hall–Kier alpha value is -2.79. The molecule has 2 spiro atoms. The topological polar surface area (TPSA) is 96.9 Å². The minimum Gasteiger partial charge on any atom is -0.473 e. The normalized spacial score (nSPS) is 24.4. The summed E-state index contributed by atoms with van der Waals surface area (Å²) >= 11 is 0. The van der Waals surface area contributed by atoms with Crippen LogP contribution in [0.3, 0.4) is 0 Å². The van der Waals surface area contributed by atoms with E-state index < -0.39 is 23.5 Å². The Labute approximate surface area is 175 Å². The Balaban J connectivity index is 1.06. The number of ether oxygens (including phenoxy) is 2. The molecule has 9 nitrogen and oxygen atoms in total. The smallest absolute Gasteiger partial charge is 0.435 e. The van der Waals surface area contributed by atoms with Gasteiger partial charge in [0.2, 0.25) is 5.88 Å². The second-order valence-electron chi connectivity index (χ2n) is 9.05. The van der Waals surface area contributed by atoms with Crippen LogP contribution in [0.4, 0.5) is 22.8 Å². The van der Waals surface area contributed by atoms with Crippen LogP contribution in [0.1, 0.15) is 31.4 Å². The number of hydrogen-bond acceptors (Lipinski definition) is 6. The van der Waals surface area contributed by atoms with E-state index in [1.54, 1.807) is 4.90 Å². The molecule has 0 unspecified atom stereocenters. The summed E-state index contributed by atoms with van der Waals surface area (Å²) < 4.78 is 48.4. The van der Waals surface area contributed by atoms with Gasteiger partial charge >= 0.3 is 18.3 Å². The quantitative estimate of drug-likeness (QED) is 0.755. The first kappa shape index (κ1) is 20.1. The number of likely N-dealkylation sites (tertiary alicyclic amines) is 2. The van der Waals surface area contributed by atoms with Crippen LogP contribution in [0.15, 0.2) is 12.1 Å². The molecule has 0 aromatic carbocycles. The molecule has 1 aromatic heterocycles. The average Bonchev–Trinajstić information content (AvgIpc) is 3.07. The number of urea groups is 1. The standard InChI is InChI=1S/C19H22F3N5O4/c20-19(21,22)13-1-2-14(25-24-13)31-12-3-5-17(6-4-12)7-26(8-17)16(29)27-9-18(10-27)11-30-15(28)23-18/h1-2,12H,3-11H2,(H,23,28). The highest BCUT2D eigenvalue weighted by Gasteiger charge is 2.54. The first-order valence-corrected chi connectivity index (χ1v) is 10.2. The zero-order chi connectivity index (χ0) is 21.9. The summed E-state index contributed by atoms with van der Waals surface area (Å²) in [6.07, 6.45) is -1.82. The zero-order valence-electron chi connectivity index (χ0n) is 16.7. The van der Waals surface area contributed by atoms with Crippen molar-refractivity contribution in [1.82, 2.24) is 25.3 Å². The summed E-state index contributed by atoms with van der Waals surface area (Å²) in [7, 11) is 0. The lowest BCUT2D eigenvalue weighted by Gasteiger charge is -2.56. The number of carbonyl (C=O) groups excluding carboxylic acids is 2. The highest BCUT2D eigenvalue weighted by atomic mass is 19.4. The summed E-state index contributed by atoms with van der Waals surface area (Å²) in [5, 5.41) is 9.48. The van der Waals surface area contributed by atoms with Gasteiger partial charge in [0.25, 0.3) is 0 Å². The van der Waals surface area contributed by atoms with Crippen LogP contribution in [-0.4, -0.2) is 76.6 Å². The van der Waals surface area contributed by atoms with E-state index in [0.29, 0.717) is 32.8 Å². The van der Waals surface area contributed by atoms with Crippen molar-refractivity contribution in [2.24, 2.45) is 5.41 Å². The molecule has 5 rings (SSSR count). The molecular weight excluding hydrogens is 419 g/mol. The van der Waals surface area contributed by atoms with Crippen LogP contribution in [0, 0.1) is 5.41 Å². The fraction of sp³-hybridized carbons (Fsp3) is 0.684. The number of nitrogens with one attached hydrogen (secondary N) is 1. The van der Waals surface area contributed by atoms with E-state index in [0.717, 1.165) is 31.7 Å². The highest BCUT2D eigenvalue weighted by molar-refractivity contribution is 5.78. The fourth-order valence-corrected chi connectivity index (χ4v) is 4.92. The molecule has 0 bridgehead atoms. The maximum absolute atomic E-state index is 12.6. The van der Waals surface area contributed by atoms with E-state index >= 15 is 0 Å². The van der Waals surface area contributed by atoms with Crippen molar-refractivity contribution in [2.45, 2.75) is 43.5 Å². The van der Waals surface area contributed by atoms with Gasteiger partial charge in [-0.25, -0.2) is 9.59 Å². The highest BCUT2D eigenvalue weighted by Crippen LogP contribution is 2.45. The van der Waals surface area contributed by atoms with Crippen LogP contribution in [0.2, 0.25) is 0 Å². The van der Waals surface area contributed by atoms with Gasteiger partial charge in [-0.2, -0.15) is 13.2 Å². The van der Waals surface area contributed by atoms with Crippen LogP contribution in [0.5, 0.6) is 5.88 Å². The SMILES string of the molecule is O=C1NC2(CO1)CN(C(=O)N1CC3(CCC(Oc4ccc(C(F)(F)F)nn4)CC3)C1)C2. The molecular formula is C19H22F3N5O4. The molecule has 31 heavy (non-hydrogen) atoms. The number of cyclic esters (lactones) is 1. The van der Waals surface area contributed by atoms with Gasteiger partial charge < -0.3 is 24.6 Å². The van der Waals surface area contributed by atoms with Gasteiger partial charge in [-0.15, -0.1) is 10.2 Å². The van der Waals surface area contributed by atoms with Crippen LogP contribution in [0.25, 0.3) is 0 Å². The maximum atomic E-state index is 12.6. The lowest BCUT2D eigenvalue weighted by molar-refractivity contribution is -0.141. The number of amides is 3. The first-order valence-electron chi connectivity index (χ1n) is 10.2. The summed E-state index contributed by atoms with van der Waals surface area (Å²) in [4.78, 5) is 27.4. The molecule has 168 valence electrons. The third-order valence-corrected chi connectivity index (χ3v) is 6.64. The number of alkyl halides is 3. The molecule has 4 fully saturated rings. The van der Waals surface area contributed by atoms with Crippen molar-refractivity contribution >= 4 is 12.1 Å². The van der Waals surface area contributed by atoms with Gasteiger partial charge in [0, 0.05) is 24.6 Å². The van der Waals surface area contributed by atoms with Crippen molar-refractivity contribution in [3.8, 4) is 5.88 Å². The Bertz CT molecular complexity index is 872. The Morgan fingerprint density at radius 3 is 2.35 bits per heavy atom. The third-order valence-electron chi connectivity index (χ3n) is 6.64. The molecule has 4 aliphatic rings. The molecule has 1 aromatic rings. The van der Waals surface area contributed by atoms with Crippen molar-refractivity contribution in [2.75, 3.05) is 32.8 Å². The van der Waals surface area contributed by atoms with Gasteiger partial charge in [-0.05, 0) is 31.7 Å². The predicted molar refractivity (Wildman–Crippen MR) is 98.1 cm³/mol. The zero-order valence-corrected chi connectivity index (χ0v) is 16.7. The van der Waals surface area contributed by atoms with Gasteiger partial charge in [0.05, 0.1) is 13.1 Å². The van der Waals surface area contributed by atoms with Crippen LogP contribution < -0.4 is 10.1 Å². The molecule has 1 aliphatic carbocycles. The molecule has 1 saturated carbocycles. The Morgan fingerprint density at radius 2 is 1.81 bits per heavy atom. The lowest BCUT2D eigenvalue weighted by atomic mass is 9.68. The summed E-state index contributed by atoms with van der Waals surface area (Å²) in [5.41, 5.74) is -1.39.